The molecule has 0 bridgehead atoms. The van der Waals surface area contributed by atoms with Crippen LogP contribution in [0.15, 0.2) is 47.7 Å². The molecule has 2 N–H and O–H groups in total. The van der Waals surface area contributed by atoms with Gasteiger partial charge in [0.25, 0.3) is 0 Å². The Morgan fingerprint density at radius 3 is 2.54 bits per heavy atom. The fourth-order valence-corrected chi connectivity index (χ4v) is 4.14. The van der Waals surface area contributed by atoms with Gasteiger partial charge in [-0.2, -0.15) is 0 Å². The molecule has 0 spiro atoms. The van der Waals surface area contributed by atoms with Crippen molar-refractivity contribution in [3.8, 4) is 0 Å². The smallest absolute Gasteiger partial charge is 0.191 e. The van der Waals surface area contributed by atoms with Crippen molar-refractivity contribution in [3.05, 3.63) is 54.1 Å². The molecule has 154 valence electrons. The molecule has 0 radical (unpaired) electrons. The zero-order valence-electron chi connectivity index (χ0n) is 17.3. The van der Waals surface area contributed by atoms with Crippen LogP contribution in [0.1, 0.15) is 51.4 Å². The molecule has 5 nitrogen and oxygen atoms in total. The number of benzene rings is 1. The predicted octanol–water partition coefficient (Wildman–Crippen LogP) is 4.43. The summed E-state index contributed by atoms with van der Waals surface area (Å²) in [6.45, 7) is 9.09. The van der Waals surface area contributed by atoms with Crippen LogP contribution in [0.4, 0.5) is 0 Å². The highest BCUT2D eigenvalue weighted by Crippen LogP contribution is 2.28. The number of nitrogens with zero attached hydrogens (tertiary/aromatic N) is 3. The molecule has 1 fully saturated rings. The zero-order chi connectivity index (χ0) is 19.1. The summed E-state index contributed by atoms with van der Waals surface area (Å²) in [6, 6.07) is 11.0. The first-order valence-corrected chi connectivity index (χ1v) is 10.2. The monoisotopic (exact) mass is 495 g/mol. The number of nitrogens with one attached hydrogen (secondary N) is 2. The molecule has 1 aromatic heterocycles. The number of halogens is 1. The molecule has 28 heavy (non-hydrogen) atoms. The van der Waals surface area contributed by atoms with Gasteiger partial charge in [-0.25, -0.2) is 9.98 Å². The summed E-state index contributed by atoms with van der Waals surface area (Å²) in [6.07, 6.45) is 7.67. The zero-order valence-corrected chi connectivity index (χ0v) is 19.6. The van der Waals surface area contributed by atoms with Crippen LogP contribution in [-0.2, 0) is 13.1 Å². The summed E-state index contributed by atoms with van der Waals surface area (Å²) in [4.78, 5) is 9.33. The van der Waals surface area contributed by atoms with Gasteiger partial charge in [-0.3, -0.25) is 0 Å². The van der Waals surface area contributed by atoms with Crippen molar-refractivity contribution in [2.24, 2.45) is 16.8 Å². The van der Waals surface area contributed by atoms with Crippen molar-refractivity contribution < 1.29 is 0 Å². The Morgan fingerprint density at radius 1 is 1.14 bits per heavy atom. The molecular formula is C22H34IN5. The number of aromatic nitrogens is 2. The summed E-state index contributed by atoms with van der Waals surface area (Å²) in [7, 11) is 0. The van der Waals surface area contributed by atoms with Gasteiger partial charge in [-0.05, 0) is 43.6 Å². The van der Waals surface area contributed by atoms with Crippen LogP contribution >= 0.6 is 24.0 Å². The number of hydrogen-bond acceptors (Lipinski definition) is 2. The molecule has 6 heteroatoms. The van der Waals surface area contributed by atoms with Crippen molar-refractivity contribution >= 4 is 29.9 Å². The molecule has 1 heterocycles. The fraction of sp³-hybridized carbons (Fsp3) is 0.545. The minimum atomic E-state index is 0. The summed E-state index contributed by atoms with van der Waals surface area (Å²) in [5, 5.41) is 7.04. The highest BCUT2D eigenvalue weighted by molar-refractivity contribution is 14.0. The summed E-state index contributed by atoms with van der Waals surface area (Å²) >= 11 is 0. The van der Waals surface area contributed by atoms with Crippen molar-refractivity contribution in [1.29, 1.82) is 0 Å². The Balaban J connectivity index is 0.00000280. The van der Waals surface area contributed by atoms with Gasteiger partial charge in [-0.1, -0.05) is 44.2 Å². The lowest BCUT2D eigenvalue weighted by molar-refractivity contribution is 0.255. The van der Waals surface area contributed by atoms with Crippen LogP contribution in [-0.4, -0.2) is 28.1 Å². The van der Waals surface area contributed by atoms with E-state index in [1.54, 1.807) is 0 Å². The normalized spacial score (nSPS) is 22.4. The molecule has 1 aliphatic rings. The Kier molecular flexibility index (Phi) is 9.28. The van der Waals surface area contributed by atoms with Gasteiger partial charge in [0.05, 0.1) is 0 Å². The third kappa shape index (κ3) is 6.79. The van der Waals surface area contributed by atoms with Crippen molar-refractivity contribution in [1.82, 2.24) is 20.2 Å². The van der Waals surface area contributed by atoms with E-state index in [4.69, 9.17) is 4.99 Å². The average molecular weight is 495 g/mol. The summed E-state index contributed by atoms with van der Waals surface area (Å²) in [5.41, 5.74) is 1.27. The molecule has 2 unspecified atom stereocenters. The van der Waals surface area contributed by atoms with Crippen molar-refractivity contribution in [2.75, 3.05) is 6.54 Å². The van der Waals surface area contributed by atoms with Crippen LogP contribution in [0.25, 0.3) is 0 Å². The highest BCUT2D eigenvalue weighted by Gasteiger charge is 2.24. The van der Waals surface area contributed by atoms with Crippen LogP contribution in [0.3, 0.4) is 0 Å². The highest BCUT2D eigenvalue weighted by atomic mass is 127. The first-order valence-electron chi connectivity index (χ1n) is 10.2. The Labute approximate surface area is 186 Å². The van der Waals surface area contributed by atoms with Gasteiger partial charge in [0.2, 0.25) is 0 Å². The Hall–Kier alpha value is -1.57. The van der Waals surface area contributed by atoms with Gasteiger partial charge in [0.15, 0.2) is 5.96 Å². The summed E-state index contributed by atoms with van der Waals surface area (Å²) < 4.78 is 2.17. The van der Waals surface area contributed by atoms with Crippen LogP contribution in [0.5, 0.6) is 0 Å². The number of imidazole rings is 1. The van der Waals surface area contributed by atoms with E-state index >= 15 is 0 Å². The molecule has 0 aliphatic heterocycles. The number of rotatable bonds is 6. The van der Waals surface area contributed by atoms with E-state index < -0.39 is 0 Å². The maximum atomic E-state index is 4.81. The second kappa shape index (κ2) is 11.4. The van der Waals surface area contributed by atoms with Crippen LogP contribution < -0.4 is 10.6 Å². The molecule has 2 aromatic rings. The van der Waals surface area contributed by atoms with Gasteiger partial charge in [0.1, 0.15) is 12.4 Å². The molecule has 3 rings (SSSR count). The topological polar surface area (TPSA) is 54.2 Å². The number of hydrogen-bond donors (Lipinski definition) is 2. The van der Waals surface area contributed by atoms with E-state index in [1.807, 2.05) is 18.5 Å². The van der Waals surface area contributed by atoms with E-state index in [2.05, 4.69) is 65.2 Å². The van der Waals surface area contributed by atoms with Crippen molar-refractivity contribution in [2.45, 2.75) is 59.2 Å². The average Bonchev–Trinajstić information content (AvgIpc) is 3.07. The lowest BCUT2D eigenvalue weighted by Crippen LogP contribution is -2.46. The van der Waals surface area contributed by atoms with Gasteiger partial charge in [0, 0.05) is 31.5 Å². The molecule has 1 aromatic carbocycles. The number of aliphatic imine (C=N–C) groups is 1. The second-order valence-electron chi connectivity index (χ2n) is 7.91. The Bertz CT molecular complexity index is 718. The van der Waals surface area contributed by atoms with E-state index in [0.29, 0.717) is 12.6 Å². The van der Waals surface area contributed by atoms with Gasteiger partial charge in [-0.15, -0.1) is 24.0 Å². The largest absolute Gasteiger partial charge is 0.357 e. The van der Waals surface area contributed by atoms with E-state index in [0.717, 1.165) is 36.7 Å². The SMILES string of the molecule is CCNC(=NCc1nccn1Cc1ccccc1)NC1CC(C)CC(C)C1.I. The first-order chi connectivity index (χ1) is 13.1. The maximum absolute atomic E-state index is 4.81. The number of guanidine groups is 1. The summed E-state index contributed by atoms with van der Waals surface area (Å²) in [5.74, 6) is 3.44. The standard InChI is InChI=1S/C22H33N5.HI/c1-4-23-22(26-20-13-17(2)12-18(3)14-20)25-15-21-24-10-11-27(21)16-19-8-6-5-7-9-19;/h5-11,17-18,20H,4,12-16H2,1-3H3,(H2,23,25,26);1H. The third-order valence-electron chi connectivity index (χ3n) is 5.24. The van der Waals surface area contributed by atoms with E-state index in [-0.39, 0.29) is 24.0 Å². The van der Waals surface area contributed by atoms with E-state index in [9.17, 15) is 0 Å². The van der Waals surface area contributed by atoms with Gasteiger partial charge < -0.3 is 15.2 Å². The van der Waals surface area contributed by atoms with Crippen LogP contribution in [0.2, 0.25) is 0 Å². The lowest BCUT2D eigenvalue weighted by atomic mass is 9.80. The molecule has 0 amide bonds. The minimum Gasteiger partial charge on any atom is -0.357 e. The van der Waals surface area contributed by atoms with Gasteiger partial charge >= 0.3 is 0 Å². The molecule has 2 atom stereocenters. The third-order valence-corrected chi connectivity index (χ3v) is 5.24. The lowest BCUT2D eigenvalue weighted by Gasteiger charge is -2.32. The molecule has 1 aliphatic carbocycles. The molecule has 1 saturated carbocycles. The second-order valence-corrected chi connectivity index (χ2v) is 7.91. The Morgan fingerprint density at radius 2 is 1.86 bits per heavy atom. The molecular weight excluding hydrogens is 461 g/mol. The first kappa shape index (κ1) is 22.7. The van der Waals surface area contributed by atoms with Crippen LogP contribution in [0, 0.1) is 11.8 Å². The quantitative estimate of drug-likeness (QED) is 0.354. The maximum Gasteiger partial charge on any atom is 0.191 e. The minimum absolute atomic E-state index is 0. The fourth-order valence-electron chi connectivity index (χ4n) is 4.14. The molecule has 0 saturated heterocycles. The van der Waals surface area contributed by atoms with Crippen molar-refractivity contribution in [3.63, 3.8) is 0 Å². The predicted molar refractivity (Wildman–Crippen MR) is 127 cm³/mol. The van der Waals surface area contributed by atoms with E-state index in [1.165, 1.54) is 24.8 Å².